The molecule has 56 heavy (non-hydrogen) atoms. The van der Waals surface area contributed by atoms with Crippen LogP contribution in [0.5, 0.6) is 0 Å². The predicted octanol–water partition coefficient (Wildman–Crippen LogP) is 4.63. The SMILES string of the molecule is COC(=O)N[C@H]1CCC[C@@H]1C(CN1CCC1)(c1cccc(F)c1)C1CCN(C[C@@H]2CCN(c3ccc(S(=O)(=O)C4CN(C(=O)/C=C/CN(C)C)C4)cc3)C2)CC1. The van der Waals surface area contributed by atoms with Gasteiger partial charge in [-0.1, -0.05) is 24.6 Å². The Kier molecular flexibility index (Phi) is 12.7. The highest BCUT2D eigenvalue weighted by molar-refractivity contribution is 7.92. The molecule has 2 aromatic rings. The molecule has 4 atom stereocenters. The van der Waals surface area contributed by atoms with Gasteiger partial charge in [-0.25, -0.2) is 17.6 Å². The van der Waals surface area contributed by atoms with Crippen LogP contribution in [-0.2, 0) is 24.8 Å². The maximum Gasteiger partial charge on any atom is 0.407 e. The van der Waals surface area contributed by atoms with Gasteiger partial charge < -0.3 is 34.6 Å². The maximum atomic E-state index is 15.0. The van der Waals surface area contributed by atoms with Crippen molar-refractivity contribution in [1.82, 2.24) is 24.9 Å². The highest BCUT2D eigenvalue weighted by Gasteiger charge is 2.53. The largest absolute Gasteiger partial charge is 0.453 e. The summed E-state index contributed by atoms with van der Waals surface area (Å²) in [6.45, 7) is 8.97. The summed E-state index contributed by atoms with van der Waals surface area (Å²) in [7, 11) is 1.75. The minimum Gasteiger partial charge on any atom is -0.453 e. The van der Waals surface area contributed by atoms with Crippen molar-refractivity contribution in [2.45, 2.75) is 66.5 Å². The van der Waals surface area contributed by atoms with Crippen molar-refractivity contribution in [2.75, 3.05) is 98.1 Å². The second-order valence-electron chi connectivity index (χ2n) is 17.2. The number of ether oxygens (including phenoxy) is 1. The van der Waals surface area contributed by atoms with Gasteiger partial charge in [-0.05, 0) is 139 Å². The third kappa shape index (κ3) is 8.80. The molecule has 0 spiro atoms. The zero-order chi connectivity index (χ0) is 39.5. The number of likely N-dealkylation sites (tertiary alicyclic amines) is 3. The number of rotatable bonds is 14. The van der Waals surface area contributed by atoms with Gasteiger partial charge in [0.2, 0.25) is 5.91 Å². The lowest BCUT2D eigenvalue weighted by Gasteiger charge is -2.53. The second-order valence-corrected chi connectivity index (χ2v) is 19.4. The monoisotopic (exact) mass is 792 g/mol. The lowest BCUT2D eigenvalue weighted by molar-refractivity contribution is -0.129. The number of piperidine rings is 1. The zero-order valence-corrected chi connectivity index (χ0v) is 34.3. The van der Waals surface area contributed by atoms with Crippen LogP contribution in [0, 0.1) is 23.6 Å². The Bertz CT molecular complexity index is 1810. The van der Waals surface area contributed by atoms with Crippen molar-refractivity contribution < 1.29 is 27.1 Å². The minimum atomic E-state index is -3.53. The molecule has 4 aliphatic heterocycles. The number of alkyl carbamates (subject to hydrolysis) is 1. The number of sulfone groups is 1. The van der Waals surface area contributed by atoms with E-state index in [2.05, 4.69) is 26.1 Å². The minimum absolute atomic E-state index is 0.0106. The Morgan fingerprint density at radius 1 is 0.929 bits per heavy atom. The Morgan fingerprint density at radius 2 is 1.68 bits per heavy atom. The smallest absolute Gasteiger partial charge is 0.407 e. The van der Waals surface area contributed by atoms with Crippen molar-refractivity contribution >= 4 is 27.5 Å². The number of methoxy groups -OCH3 is 1. The molecule has 4 saturated heterocycles. The summed E-state index contributed by atoms with van der Waals surface area (Å²) in [5.74, 6) is 0.714. The van der Waals surface area contributed by atoms with E-state index in [9.17, 15) is 18.0 Å². The van der Waals surface area contributed by atoms with Crippen LogP contribution in [0.15, 0.2) is 65.6 Å². The van der Waals surface area contributed by atoms with Gasteiger partial charge in [0.1, 0.15) is 11.1 Å². The molecule has 1 aliphatic carbocycles. The van der Waals surface area contributed by atoms with E-state index < -0.39 is 15.1 Å². The van der Waals surface area contributed by atoms with Crippen LogP contribution in [0.1, 0.15) is 50.5 Å². The van der Waals surface area contributed by atoms with Gasteiger partial charge in [0, 0.05) is 69.0 Å². The van der Waals surface area contributed by atoms with Crippen molar-refractivity contribution in [3.8, 4) is 0 Å². The summed E-state index contributed by atoms with van der Waals surface area (Å²) in [6.07, 6.45) is 10.2. The number of nitrogens with one attached hydrogen (secondary N) is 1. The molecule has 11 nitrogen and oxygen atoms in total. The summed E-state index contributed by atoms with van der Waals surface area (Å²) in [4.78, 5) is 36.3. The molecule has 1 saturated carbocycles. The van der Waals surface area contributed by atoms with Gasteiger partial charge in [-0.2, -0.15) is 0 Å². The van der Waals surface area contributed by atoms with E-state index >= 15 is 4.39 Å². The fourth-order valence-electron chi connectivity index (χ4n) is 10.3. The van der Waals surface area contributed by atoms with Gasteiger partial charge in [0.15, 0.2) is 9.84 Å². The molecular formula is C43H61FN6O5S. The summed E-state index contributed by atoms with van der Waals surface area (Å²) in [6, 6.07) is 14.6. The van der Waals surface area contributed by atoms with E-state index in [1.54, 1.807) is 35.2 Å². The number of amides is 2. The lowest BCUT2D eigenvalue weighted by Crippen LogP contribution is -2.59. The van der Waals surface area contributed by atoms with Crippen molar-refractivity contribution in [2.24, 2.45) is 17.8 Å². The van der Waals surface area contributed by atoms with E-state index in [0.29, 0.717) is 23.3 Å². The zero-order valence-electron chi connectivity index (χ0n) is 33.5. The molecule has 306 valence electrons. The standard InChI is InChI=1S/C43H61FN6O5S/c1-46(2)20-6-12-41(51)50-29-38(30-50)56(53,54)37-15-13-36(14-16-37)49-25-17-32(28-49)27-47-23-18-33(19-24-47)43(31-48-21-7-22-48,34-8-4-9-35(44)26-34)39-10-5-11-40(39)45-42(52)55-3/h4,6,8-9,12-16,26,32-33,38-40H,5,7,10-11,17-25,27-31H2,1-3H3,(H,45,52)/b12-6+/t32-,39-,40-,43?/m0/s1. The molecule has 1 unspecified atom stereocenters. The number of nitrogens with zero attached hydrogens (tertiary/aromatic N) is 5. The van der Waals surface area contributed by atoms with Crippen LogP contribution in [-0.4, -0.2) is 145 Å². The molecule has 5 aliphatic rings. The Hall–Kier alpha value is -3.52. The van der Waals surface area contributed by atoms with E-state index in [1.807, 2.05) is 37.2 Å². The van der Waals surface area contributed by atoms with Crippen LogP contribution in [0.4, 0.5) is 14.9 Å². The first-order chi connectivity index (χ1) is 27.0. The number of hydrogen-bond donors (Lipinski definition) is 1. The average Bonchev–Trinajstić information content (AvgIpc) is 3.81. The third-order valence-electron chi connectivity index (χ3n) is 13.4. The number of likely N-dealkylation sites (N-methyl/N-ethyl adjacent to an activating group) is 1. The Morgan fingerprint density at radius 3 is 2.34 bits per heavy atom. The number of benzene rings is 2. The number of carbonyl (C=O) groups excluding carboxylic acids is 2. The Balaban J connectivity index is 0.962. The first-order valence-corrected chi connectivity index (χ1v) is 22.2. The van der Waals surface area contributed by atoms with Gasteiger partial charge >= 0.3 is 6.09 Å². The fourth-order valence-corrected chi connectivity index (χ4v) is 11.9. The van der Waals surface area contributed by atoms with E-state index in [-0.39, 0.29) is 48.3 Å². The topological polar surface area (TPSA) is 106 Å². The summed E-state index contributed by atoms with van der Waals surface area (Å²) in [5, 5.41) is 2.61. The highest BCUT2D eigenvalue weighted by atomic mass is 32.2. The van der Waals surface area contributed by atoms with Crippen LogP contribution in [0.25, 0.3) is 0 Å². The molecule has 0 aromatic heterocycles. The highest BCUT2D eigenvalue weighted by Crippen LogP contribution is 2.51. The molecule has 0 radical (unpaired) electrons. The molecule has 2 aromatic carbocycles. The third-order valence-corrected chi connectivity index (χ3v) is 15.5. The fraction of sp³-hybridized carbons (Fsp3) is 0.628. The van der Waals surface area contributed by atoms with Crippen molar-refractivity contribution in [3.63, 3.8) is 0 Å². The molecule has 1 N–H and O–H groups in total. The quantitative estimate of drug-likeness (QED) is 0.275. The van der Waals surface area contributed by atoms with Crippen LogP contribution in [0.3, 0.4) is 0 Å². The summed E-state index contributed by atoms with van der Waals surface area (Å²) >= 11 is 0. The van der Waals surface area contributed by atoms with E-state index in [1.165, 1.54) is 19.6 Å². The summed E-state index contributed by atoms with van der Waals surface area (Å²) in [5.41, 5.74) is 1.84. The molecular weight excluding hydrogens is 732 g/mol. The van der Waals surface area contributed by atoms with Gasteiger partial charge in [-0.15, -0.1) is 0 Å². The molecule has 5 fully saturated rings. The maximum absolute atomic E-state index is 15.0. The number of carbonyl (C=O) groups is 2. The number of anilines is 1. The summed E-state index contributed by atoms with van der Waals surface area (Å²) < 4.78 is 46.8. The Labute approximate surface area is 333 Å². The van der Waals surface area contributed by atoms with Crippen molar-refractivity contribution in [1.29, 1.82) is 0 Å². The average molecular weight is 793 g/mol. The molecule has 2 amide bonds. The first-order valence-electron chi connectivity index (χ1n) is 20.7. The number of halogens is 1. The van der Waals surface area contributed by atoms with Gasteiger partial charge in [0.25, 0.3) is 0 Å². The predicted molar refractivity (Wildman–Crippen MR) is 217 cm³/mol. The normalized spacial score (nSPS) is 25.3. The molecule has 13 heteroatoms. The molecule has 7 rings (SSSR count). The van der Waals surface area contributed by atoms with Crippen LogP contribution < -0.4 is 10.2 Å². The van der Waals surface area contributed by atoms with Gasteiger partial charge in [-0.3, -0.25) is 4.79 Å². The van der Waals surface area contributed by atoms with E-state index in [0.717, 1.165) is 102 Å². The molecule has 0 bridgehead atoms. The van der Waals surface area contributed by atoms with Crippen LogP contribution in [0.2, 0.25) is 0 Å². The van der Waals surface area contributed by atoms with Crippen LogP contribution >= 0.6 is 0 Å². The molecule has 4 heterocycles. The first kappa shape index (κ1) is 40.7. The van der Waals surface area contributed by atoms with E-state index in [4.69, 9.17) is 4.74 Å². The van der Waals surface area contributed by atoms with Crippen molar-refractivity contribution in [3.05, 3.63) is 72.1 Å². The second kappa shape index (κ2) is 17.5. The lowest BCUT2D eigenvalue weighted by atomic mass is 9.57. The van der Waals surface area contributed by atoms with Gasteiger partial charge in [0.05, 0.1) is 12.0 Å². The number of hydrogen-bond acceptors (Lipinski definition) is 9.